The fraction of sp³-hybridized carbons (Fsp3) is 0.300. The van der Waals surface area contributed by atoms with Crippen LogP contribution < -0.4 is 11.1 Å². The third kappa shape index (κ3) is 4.08. The van der Waals surface area contributed by atoms with E-state index in [0.29, 0.717) is 0 Å². The van der Waals surface area contributed by atoms with Crippen LogP contribution in [0.25, 0.3) is 0 Å². The number of carboxylic acid groups (broad SMARTS) is 1. The molecule has 1 unspecified atom stereocenters. The second-order valence-corrected chi connectivity index (χ2v) is 3.99. The Balaban J connectivity index is 2.84. The summed E-state index contributed by atoms with van der Waals surface area (Å²) in [5.74, 6) is -1.25. The quantitative estimate of drug-likeness (QED) is 0.791. The van der Waals surface area contributed by atoms with Crippen LogP contribution in [0.1, 0.15) is 5.56 Å². The van der Waals surface area contributed by atoms with Gasteiger partial charge in [0.1, 0.15) is 6.04 Å². The van der Waals surface area contributed by atoms with Crippen LogP contribution in [0.5, 0.6) is 0 Å². The molecular formula is C10H10ClF3N2O2. The number of aliphatic carboxylic acids is 1. The molecule has 4 nitrogen and oxygen atoms in total. The van der Waals surface area contributed by atoms with Gasteiger partial charge in [-0.05, 0) is 18.2 Å². The molecule has 0 heterocycles. The van der Waals surface area contributed by atoms with Crippen molar-refractivity contribution in [2.45, 2.75) is 12.2 Å². The van der Waals surface area contributed by atoms with Gasteiger partial charge in [-0.15, -0.1) is 0 Å². The Morgan fingerprint density at radius 2 is 2.06 bits per heavy atom. The first-order valence-electron chi connectivity index (χ1n) is 4.80. The smallest absolute Gasteiger partial charge is 0.416 e. The molecule has 100 valence electrons. The maximum atomic E-state index is 12.5. The first-order chi connectivity index (χ1) is 8.20. The van der Waals surface area contributed by atoms with E-state index in [0.717, 1.165) is 12.1 Å². The molecule has 0 aliphatic carbocycles. The van der Waals surface area contributed by atoms with Gasteiger partial charge in [-0.3, -0.25) is 4.79 Å². The first kappa shape index (κ1) is 14.6. The third-order valence-electron chi connectivity index (χ3n) is 2.07. The molecule has 1 aromatic rings. The van der Waals surface area contributed by atoms with Crippen molar-refractivity contribution in [3.8, 4) is 0 Å². The van der Waals surface area contributed by atoms with Crippen molar-refractivity contribution in [2.24, 2.45) is 5.73 Å². The Bertz CT molecular complexity index is 451. The molecule has 1 atom stereocenters. The van der Waals surface area contributed by atoms with Crippen LogP contribution >= 0.6 is 11.6 Å². The van der Waals surface area contributed by atoms with Crippen molar-refractivity contribution < 1.29 is 23.1 Å². The van der Waals surface area contributed by atoms with Gasteiger partial charge >= 0.3 is 12.1 Å². The van der Waals surface area contributed by atoms with Crippen LogP contribution in [0.2, 0.25) is 5.02 Å². The van der Waals surface area contributed by atoms with Crippen LogP contribution in [-0.4, -0.2) is 23.7 Å². The van der Waals surface area contributed by atoms with E-state index < -0.39 is 23.8 Å². The zero-order valence-corrected chi connectivity index (χ0v) is 9.72. The highest BCUT2D eigenvalue weighted by Gasteiger charge is 2.31. The molecule has 1 aromatic carbocycles. The second-order valence-electron chi connectivity index (χ2n) is 3.55. The van der Waals surface area contributed by atoms with Crippen LogP contribution in [0, 0.1) is 0 Å². The van der Waals surface area contributed by atoms with Gasteiger partial charge in [0.15, 0.2) is 0 Å². The zero-order chi connectivity index (χ0) is 13.9. The molecule has 1 rings (SSSR count). The lowest BCUT2D eigenvalue weighted by Gasteiger charge is -2.13. The van der Waals surface area contributed by atoms with E-state index in [-0.39, 0.29) is 17.3 Å². The van der Waals surface area contributed by atoms with E-state index in [1.165, 1.54) is 6.07 Å². The second kappa shape index (κ2) is 5.45. The summed E-state index contributed by atoms with van der Waals surface area (Å²) in [6.45, 7) is -0.201. The lowest BCUT2D eigenvalue weighted by Crippen LogP contribution is -2.36. The molecule has 0 aliphatic rings. The van der Waals surface area contributed by atoms with Crippen molar-refractivity contribution >= 4 is 23.3 Å². The molecule has 0 spiro atoms. The summed E-state index contributed by atoms with van der Waals surface area (Å²) in [4.78, 5) is 10.4. The van der Waals surface area contributed by atoms with Gasteiger partial charge in [-0.25, -0.2) is 0 Å². The van der Waals surface area contributed by atoms with E-state index in [9.17, 15) is 18.0 Å². The monoisotopic (exact) mass is 282 g/mol. The Morgan fingerprint density at radius 3 is 2.56 bits per heavy atom. The first-order valence-corrected chi connectivity index (χ1v) is 5.18. The van der Waals surface area contributed by atoms with Crippen molar-refractivity contribution in [3.05, 3.63) is 28.8 Å². The number of nitrogens with one attached hydrogen (secondary N) is 1. The molecule has 0 bridgehead atoms. The molecule has 18 heavy (non-hydrogen) atoms. The van der Waals surface area contributed by atoms with Crippen molar-refractivity contribution in [1.29, 1.82) is 0 Å². The molecule has 0 aromatic heterocycles. The number of carbonyl (C=O) groups is 1. The third-order valence-corrected chi connectivity index (χ3v) is 2.29. The summed E-state index contributed by atoms with van der Waals surface area (Å²) < 4.78 is 37.4. The largest absolute Gasteiger partial charge is 0.480 e. The number of rotatable bonds is 4. The van der Waals surface area contributed by atoms with Gasteiger partial charge in [0.2, 0.25) is 0 Å². The summed E-state index contributed by atoms with van der Waals surface area (Å²) in [5.41, 5.74) is 4.36. The Labute approximate surface area is 106 Å². The Morgan fingerprint density at radius 1 is 1.44 bits per heavy atom. The molecule has 0 amide bonds. The SMILES string of the molecule is NC(CNc1cc(Cl)cc(C(F)(F)F)c1)C(=O)O. The number of halogens is 4. The van der Waals surface area contributed by atoms with E-state index in [1.807, 2.05) is 0 Å². The molecule has 4 N–H and O–H groups in total. The lowest BCUT2D eigenvalue weighted by atomic mass is 10.2. The summed E-state index contributed by atoms with van der Waals surface area (Å²) >= 11 is 5.55. The molecular weight excluding hydrogens is 273 g/mol. The average Bonchev–Trinajstić information content (AvgIpc) is 2.23. The van der Waals surface area contributed by atoms with E-state index >= 15 is 0 Å². The number of benzene rings is 1. The lowest BCUT2D eigenvalue weighted by molar-refractivity contribution is -0.138. The highest BCUT2D eigenvalue weighted by atomic mass is 35.5. The van der Waals surface area contributed by atoms with Crippen LogP contribution in [0.4, 0.5) is 18.9 Å². The minimum Gasteiger partial charge on any atom is -0.480 e. The number of anilines is 1. The highest BCUT2D eigenvalue weighted by molar-refractivity contribution is 6.30. The molecule has 0 saturated heterocycles. The Kier molecular flexibility index (Phi) is 4.42. The number of hydrogen-bond donors (Lipinski definition) is 3. The predicted molar refractivity (Wildman–Crippen MR) is 60.6 cm³/mol. The van der Waals surface area contributed by atoms with Gasteiger partial charge in [0.25, 0.3) is 0 Å². The van der Waals surface area contributed by atoms with Gasteiger partial charge < -0.3 is 16.2 Å². The normalized spacial score (nSPS) is 13.2. The fourth-order valence-corrected chi connectivity index (χ4v) is 1.41. The van der Waals surface area contributed by atoms with Crippen LogP contribution in [-0.2, 0) is 11.0 Å². The molecule has 0 radical (unpaired) electrons. The van der Waals surface area contributed by atoms with Gasteiger partial charge in [-0.2, -0.15) is 13.2 Å². The van der Waals surface area contributed by atoms with E-state index in [1.54, 1.807) is 0 Å². The number of nitrogens with two attached hydrogens (primary N) is 1. The summed E-state index contributed by atoms with van der Waals surface area (Å²) in [6, 6.07) is 1.66. The average molecular weight is 283 g/mol. The van der Waals surface area contributed by atoms with E-state index in [2.05, 4.69) is 5.32 Å². The topological polar surface area (TPSA) is 75.3 Å². The molecule has 0 fully saturated rings. The maximum Gasteiger partial charge on any atom is 0.416 e. The standard InChI is InChI=1S/C10H10ClF3N2O2/c11-6-1-5(10(12,13)14)2-7(3-6)16-4-8(15)9(17)18/h1-3,8,16H,4,15H2,(H,17,18). The molecule has 0 saturated carbocycles. The fourth-order valence-electron chi connectivity index (χ4n) is 1.17. The Hall–Kier alpha value is -1.47. The highest BCUT2D eigenvalue weighted by Crippen LogP contribution is 2.33. The van der Waals surface area contributed by atoms with E-state index in [4.69, 9.17) is 22.4 Å². The zero-order valence-electron chi connectivity index (χ0n) is 8.96. The minimum atomic E-state index is -4.52. The number of hydrogen-bond acceptors (Lipinski definition) is 3. The summed E-state index contributed by atoms with van der Waals surface area (Å²) in [6.07, 6.45) is -4.52. The minimum absolute atomic E-state index is 0.0616. The predicted octanol–water partition coefficient (Wildman–Crippen LogP) is 2.18. The van der Waals surface area contributed by atoms with Crippen LogP contribution in [0.15, 0.2) is 18.2 Å². The van der Waals surface area contributed by atoms with Crippen molar-refractivity contribution in [1.82, 2.24) is 0 Å². The van der Waals surface area contributed by atoms with Gasteiger partial charge in [0.05, 0.1) is 5.56 Å². The molecule has 0 aliphatic heterocycles. The number of carboxylic acids is 1. The van der Waals surface area contributed by atoms with Gasteiger partial charge in [-0.1, -0.05) is 11.6 Å². The van der Waals surface area contributed by atoms with Crippen LogP contribution in [0.3, 0.4) is 0 Å². The van der Waals surface area contributed by atoms with Gasteiger partial charge in [0, 0.05) is 17.3 Å². The maximum absolute atomic E-state index is 12.5. The van der Waals surface area contributed by atoms with Crippen molar-refractivity contribution in [3.63, 3.8) is 0 Å². The molecule has 8 heteroatoms. The summed E-state index contributed by atoms with van der Waals surface area (Å²) in [7, 11) is 0. The number of alkyl halides is 3. The van der Waals surface area contributed by atoms with Crippen molar-refractivity contribution in [2.75, 3.05) is 11.9 Å². The summed E-state index contributed by atoms with van der Waals surface area (Å²) in [5, 5.41) is 10.9.